The quantitative estimate of drug-likeness (QED) is 0.109. The molecule has 2 N–H and O–H groups in total. The molecule has 0 aromatic carbocycles. The minimum atomic E-state index is 0.354. The SMILES string of the molecule is C=C/C=C(\C=C/C)Nc1nc(/C=C\CCC)c(N=C(C)N/C(C)=C/C=C=C(C=C)N2CCN(C)CC2)n1C1CCCC1. The highest BCUT2D eigenvalue weighted by Crippen LogP contribution is 2.38. The standard InChI is InChI=1S/C35H51N7/c1-8-12-13-23-33-34(42(32-20-14-15-21-32)35(39-33)38-30(17-9-2)18-10-3)37-29(6)36-28(5)19-16-22-31(11-4)41-26-24-40(7)25-27-41/h9-11,13,16-19,23,32H,2,4,8,12,14-15,20-21,24-27H2,1,3,5-7H3,(H,36,37)(H,38,39)/b18-10-,23-13-,28-19+,30-17+. The van der Waals surface area contributed by atoms with Crippen LogP contribution >= 0.6 is 0 Å². The number of piperazine rings is 1. The summed E-state index contributed by atoms with van der Waals surface area (Å²) >= 11 is 0. The van der Waals surface area contributed by atoms with Gasteiger partial charge in [-0.25, -0.2) is 9.98 Å². The maximum absolute atomic E-state index is 5.13. The average molecular weight is 570 g/mol. The van der Waals surface area contributed by atoms with E-state index in [0.717, 1.165) is 92.2 Å². The van der Waals surface area contributed by atoms with Crippen LogP contribution in [0.25, 0.3) is 6.08 Å². The molecule has 0 unspecified atom stereocenters. The minimum absolute atomic E-state index is 0.354. The van der Waals surface area contributed by atoms with Gasteiger partial charge in [-0.15, -0.1) is 0 Å². The van der Waals surface area contributed by atoms with Gasteiger partial charge in [0.2, 0.25) is 5.95 Å². The summed E-state index contributed by atoms with van der Waals surface area (Å²) in [5.41, 5.74) is 7.25. The molecule has 0 atom stereocenters. The number of allylic oxidation sites excluding steroid dienone is 8. The van der Waals surface area contributed by atoms with Gasteiger partial charge in [0, 0.05) is 43.6 Å². The summed E-state index contributed by atoms with van der Waals surface area (Å²) in [6.45, 7) is 20.2. The van der Waals surface area contributed by atoms with E-state index in [1.165, 1.54) is 12.8 Å². The third-order valence-corrected chi connectivity index (χ3v) is 7.49. The summed E-state index contributed by atoms with van der Waals surface area (Å²) in [5.74, 6) is 2.51. The van der Waals surface area contributed by atoms with Crippen molar-refractivity contribution >= 4 is 23.7 Å². The largest absolute Gasteiger partial charge is 0.363 e. The van der Waals surface area contributed by atoms with Crippen molar-refractivity contribution in [2.45, 2.75) is 72.3 Å². The van der Waals surface area contributed by atoms with Crippen molar-refractivity contribution in [3.8, 4) is 0 Å². The van der Waals surface area contributed by atoms with E-state index < -0.39 is 0 Å². The Morgan fingerprint density at radius 3 is 2.50 bits per heavy atom. The number of anilines is 1. The summed E-state index contributed by atoms with van der Waals surface area (Å²) in [6, 6.07) is 0.354. The Morgan fingerprint density at radius 1 is 1.12 bits per heavy atom. The number of aromatic nitrogens is 2. The van der Waals surface area contributed by atoms with Crippen LogP contribution in [0.2, 0.25) is 0 Å². The Kier molecular flexibility index (Phi) is 13.4. The monoisotopic (exact) mass is 569 g/mol. The first-order valence-electron chi connectivity index (χ1n) is 15.4. The number of likely N-dealkylation sites (N-methyl/N-ethyl adjacent to an activating group) is 1. The Balaban J connectivity index is 1.94. The van der Waals surface area contributed by atoms with E-state index in [4.69, 9.17) is 9.98 Å². The first-order chi connectivity index (χ1) is 20.4. The third kappa shape index (κ3) is 9.64. The topological polar surface area (TPSA) is 60.7 Å². The first-order valence-corrected chi connectivity index (χ1v) is 15.4. The summed E-state index contributed by atoms with van der Waals surface area (Å²) < 4.78 is 2.30. The minimum Gasteiger partial charge on any atom is -0.363 e. The van der Waals surface area contributed by atoms with Crippen LogP contribution < -0.4 is 10.6 Å². The van der Waals surface area contributed by atoms with Crippen LogP contribution in [0.3, 0.4) is 0 Å². The molecule has 3 rings (SSSR count). The van der Waals surface area contributed by atoms with Crippen molar-refractivity contribution in [1.29, 1.82) is 0 Å². The molecule has 1 aromatic rings. The fourth-order valence-corrected chi connectivity index (χ4v) is 5.29. The van der Waals surface area contributed by atoms with Gasteiger partial charge in [-0.3, -0.25) is 4.57 Å². The number of rotatable bonds is 13. The summed E-state index contributed by atoms with van der Waals surface area (Å²) in [4.78, 5) is 14.9. The lowest BCUT2D eigenvalue weighted by Gasteiger charge is -2.33. The van der Waals surface area contributed by atoms with Gasteiger partial charge in [-0.1, -0.05) is 63.3 Å². The normalized spacial score (nSPS) is 17.6. The van der Waals surface area contributed by atoms with Crippen LogP contribution in [0.4, 0.5) is 11.8 Å². The van der Waals surface area contributed by atoms with Crippen molar-refractivity contribution in [2.24, 2.45) is 4.99 Å². The number of nitrogens with zero attached hydrogens (tertiary/aromatic N) is 5. The van der Waals surface area contributed by atoms with Gasteiger partial charge in [0.15, 0.2) is 5.82 Å². The van der Waals surface area contributed by atoms with Crippen molar-refractivity contribution < 1.29 is 0 Å². The number of imidazole rings is 1. The lowest BCUT2D eigenvalue weighted by atomic mass is 10.2. The van der Waals surface area contributed by atoms with Crippen LogP contribution in [0.15, 0.2) is 89.6 Å². The number of hydrogen-bond donors (Lipinski definition) is 2. The van der Waals surface area contributed by atoms with Crippen LogP contribution in [0.1, 0.15) is 78.0 Å². The van der Waals surface area contributed by atoms with Crippen molar-refractivity contribution in [1.82, 2.24) is 24.7 Å². The molecule has 226 valence electrons. The fourth-order valence-electron chi connectivity index (χ4n) is 5.29. The van der Waals surface area contributed by atoms with Crippen molar-refractivity contribution in [3.63, 3.8) is 0 Å². The first kappa shape index (κ1) is 32.7. The van der Waals surface area contributed by atoms with Gasteiger partial charge in [0.05, 0.1) is 5.70 Å². The smallest absolute Gasteiger partial charge is 0.209 e. The molecule has 2 heterocycles. The van der Waals surface area contributed by atoms with E-state index in [-0.39, 0.29) is 0 Å². The van der Waals surface area contributed by atoms with E-state index >= 15 is 0 Å². The van der Waals surface area contributed by atoms with Crippen LogP contribution in [-0.4, -0.2) is 58.4 Å². The Labute approximate surface area is 254 Å². The number of amidine groups is 1. The Bertz CT molecular complexity index is 1270. The van der Waals surface area contributed by atoms with Crippen LogP contribution in [-0.2, 0) is 0 Å². The highest BCUT2D eigenvalue weighted by molar-refractivity contribution is 5.85. The summed E-state index contributed by atoms with van der Waals surface area (Å²) in [6.07, 6.45) is 24.8. The van der Waals surface area contributed by atoms with Gasteiger partial charge in [-0.05, 0) is 83.5 Å². The Morgan fingerprint density at radius 2 is 1.86 bits per heavy atom. The van der Waals surface area contributed by atoms with E-state index in [0.29, 0.717) is 6.04 Å². The fraction of sp³-hybridized carbons (Fsp3) is 0.457. The van der Waals surface area contributed by atoms with Crippen molar-refractivity contribution in [3.05, 3.63) is 90.3 Å². The van der Waals surface area contributed by atoms with E-state index in [1.54, 1.807) is 6.08 Å². The van der Waals surface area contributed by atoms with Gasteiger partial charge < -0.3 is 20.4 Å². The summed E-state index contributed by atoms with van der Waals surface area (Å²) in [7, 11) is 2.16. The molecule has 7 nitrogen and oxygen atoms in total. The van der Waals surface area contributed by atoms with E-state index in [9.17, 15) is 0 Å². The molecule has 1 saturated carbocycles. The number of unbranched alkanes of at least 4 members (excludes halogenated alkanes) is 1. The third-order valence-electron chi connectivity index (χ3n) is 7.49. The molecule has 0 bridgehead atoms. The highest BCUT2D eigenvalue weighted by Gasteiger charge is 2.26. The van der Waals surface area contributed by atoms with Gasteiger partial charge >= 0.3 is 0 Å². The molecular weight excluding hydrogens is 518 g/mol. The second-order valence-electron chi connectivity index (χ2n) is 11.0. The van der Waals surface area contributed by atoms with Crippen LogP contribution in [0, 0.1) is 0 Å². The molecule has 1 saturated heterocycles. The molecule has 2 aliphatic rings. The zero-order valence-electron chi connectivity index (χ0n) is 26.5. The van der Waals surface area contributed by atoms with Crippen molar-refractivity contribution in [2.75, 3.05) is 38.5 Å². The molecule has 7 heteroatoms. The van der Waals surface area contributed by atoms with Gasteiger partial charge in [0.25, 0.3) is 0 Å². The zero-order chi connectivity index (χ0) is 30.3. The van der Waals surface area contributed by atoms with E-state index in [2.05, 4.69) is 70.0 Å². The predicted molar refractivity (Wildman–Crippen MR) is 181 cm³/mol. The molecule has 0 amide bonds. The summed E-state index contributed by atoms with van der Waals surface area (Å²) in [5, 5.41) is 7.03. The molecule has 1 aliphatic heterocycles. The maximum atomic E-state index is 5.13. The predicted octanol–water partition coefficient (Wildman–Crippen LogP) is 7.89. The number of nitrogens with one attached hydrogen (secondary N) is 2. The maximum Gasteiger partial charge on any atom is 0.209 e. The lowest BCUT2D eigenvalue weighted by molar-refractivity contribution is 0.190. The second kappa shape index (κ2) is 17.2. The molecule has 1 aliphatic carbocycles. The zero-order valence-corrected chi connectivity index (χ0v) is 26.5. The molecule has 42 heavy (non-hydrogen) atoms. The lowest BCUT2D eigenvalue weighted by Crippen LogP contribution is -2.43. The number of hydrogen-bond acceptors (Lipinski definition) is 5. The van der Waals surface area contributed by atoms with Gasteiger partial charge in [-0.2, -0.15) is 0 Å². The molecular formula is C35H51N7. The molecule has 2 fully saturated rings. The highest BCUT2D eigenvalue weighted by atomic mass is 15.3. The molecule has 1 aromatic heterocycles. The average Bonchev–Trinajstić information content (AvgIpc) is 3.60. The van der Waals surface area contributed by atoms with Gasteiger partial charge in [0.1, 0.15) is 11.5 Å². The Hall–Kier alpha value is -3.80. The van der Waals surface area contributed by atoms with Crippen LogP contribution in [0.5, 0.6) is 0 Å². The number of aliphatic imine (C=N–C) groups is 1. The molecule has 0 radical (unpaired) electrons. The van der Waals surface area contributed by atoms with E-state index in [1.807, 2.05) is 57.2 Å². The second-order valence-corrected chi connectivity index (χ2v) is 11.0. The molecule has 0 spiro atoms.